The average molecular weight is 280 g/mol. The molecule has 0 aliphatic rings. The lowest BCUT2D eigenvalue weighted by molar-refractivity contribution is 0.417. The Morgan fingerprint density at radius 1 is 1.15 bits per heavy atom. The van der Waals surface area contributed by atoms with Crippen LogP contribution in [0.5, 0.6) is 5.75 Å². The van der Waals surface area contributed by atoms with Crippen molar-refractivity contribution in [3.8, 4) is 16.3 Å². The summed E-state index contributed by atoms with van der Waals surface area (Å²) < 4.78 is 8.64. The van der Waals surface area contributed by atoms with Crippen molar-refractivity contribution in [3.63, 3.8) is 0 Å². The van der Waals surface area contributed by atoms with Crippen LogP contribution in [0.1, 0.15) is 0 Å². The van der Waals surface area contributed by atoms with Crippen LogP contribution in [0.3, 0.4) is 0 Å². The molecule has 3 aromatic heterocycles. The van der Waals surface area contributed by atoms with E-state index in [-0.39, 0.29) is 0 Å². The van der Waals surface area contributed by atoms with Gasteiger partial charge in [-0.2, -0.15) is 0 Å². The fourth-order valence-electron chi connectivity index (χ4n) is 2.37. The number of methoxy groups -OCH3 is 1. The molecule has 0 fully saturated rings. The Hall–Kier alpha value is -2.33. The standard InChI is InChI=1S/C16H12N2OS/c1-19-13-6-4-8-18-10-12(17-16(13)18)15-9-11-5-2-3-7-14(11)20-15/h2-10H,1H3. The summed E-state index contributed by atoms with van der Waals surface area (Å²) in [6.07, 6.45) is 4.03. The smallest absolute Gasteiger partial charge is 0.180 e. The number of benzene rings is 1. The minimum absolute atomic E-state index is 0.792. The van der Waals surface area contributed by atoms with E-state index in [9.17, 15) is 0 Å². The van der Waals surface area contributed by atoms with Crippen LogP contribution in [0.25, 0.3) is 26.3 Å². The van der Waals surface area contributed by atoms with Gasteiger partial charge in [0.05, 0.1) is 17.7 Å². The maximum atomic E-state index is 5.36. The van der Waals surface area contributed by atoms with Gasteiger partial charge in [0, 0.05) is 17.1 Å². The molecule has 4 heteroatoms. The molecular formula is C16H12N2OS. The molecule has 1 aromatic carbocycles. The SMILES string of the molecule is COc1cccn2cc(-c3cc4ccccc4s3)nc12. The van der Waals surface area contributed by atoms with Gasteiger partial charge in [0.15, 0.2) is 11.4 Å². The van der Waals surface area contributed by atoms with Crippen molar-refractivity contribution < 1.29 is 4.74 Å². The molecule has 0 saturated heterocycles. The van der Waals surface area contributed by atoms with E-state index in [1.54, 1.807) is 18.4 Å². The van der Waals surface area contributed by atoms with Crippen LogP contribution in [0, 0.1) is 0 Å². The molecule has 0 spiro atoms. The molecular weight excluding hydrogens is 268 g/mol. The molecule has 3 nitrogen and oxygen atoms in total. The van der Waals surface area contributed by atoms with Crippen LogP contribution in [0.4, 0.5) is 0 Å². The van der Waals surface area contributed by atoms with E-state index >= 15 is 0 Å². The van der Waals surface area contributed by atoms with Crippen molar-refractivity contribution in [1.29, 1.82) is 0 Å². The Labute approximate surface area is 120 Å². The van der Waals surface area contributed by atoms with Crippen molar-refractivity contribution in [2.75, 3.05) is 7.11 Å². The minimum Gasteiger partial charge on any atom is -0.493 e. The average Bonchev–Trinajstić information content (AvgIpc) is 3.09. The summed E-state index contributed by atoms with van der Waals surface area (Å²) in [5.74, 6) is 0.792. The topological polar surface area (TPSA) is 26.5 Å². The molecule has 0 aliphatic heterocycles. The van der Waals surface area contributed by atoms with Crippen LogP contribution < -0.4 is 4.74 Å². The zero-order chi connectivity index (χ0) is 13.5. The lowest BCUT2D eigenvalue weighted by Crippen LogP contribution is -1.88. The first kappa shape index (κ1) is 11.5. The molecule has 0 unspecified atom stereocenters. The van der Waals surface area contributed by atoms with E-state index < -0.39 is 0 Å². The summed E-state index contributed by atoms with van der Waals surface area (Å²) >= 11 is 1.76. The first-order chi connectivity index (χ1) is 9.85. The van der Waals surface area contributed by atoms with Crippen molar-refractivity contribution in [1.82, 2.24) is 9.38 Å². The minimum atomic E-state index is 0.792. The molecule has 3 heterocycles. The number of ether oxygens (including phenoxy) is 1. The van der Waals surface area contributed by atoms with E-state index in [2.05, 4.69) is 30.3 Å². The molecule has 4 aromatic rings. The Morgan fingerprint density at radius 2 is 2.05 bits per heavy atom. The number of nitrogens with zero attached hydrogens (tertiary/aromatic N) is 2. The van der Waals surface area contributed by atoms with Gasteiger partial charge in [-0.05, 0) is 29.7 Å². The third-order valence-corrected chi connectivity index (χ3v) is 4.48. The molecule has 20 heavy (non-hydrogen) atoms. The van der Waals surface area contributed by atoms with Gasteiger partial charge in [-0.3, -0.25) is 0 Å². The number of aromatic nitrogens is 2. The van der Waals surface area contributed by atoms with Gasteiger partial charge in [-0.25, -0.2) is 4.98 Å². The summed E-state index contributed by atoms with van der Waals surface area (Å²) in [6.45, 7) is 0. The van der Waals surface area contributed by atoms with Gasteiger partial charge < -0.3 is 9.14 Å². The number of hydrogen-bond donors (Lipinski definition) is 0. The van der Waals surface area contributed by atoms with Crippen LogP contribution >= 0.6 is 11.3 Å². The van der Waals surface area contributed by atoms with Crippen molar-refractivity contribution in [2.24, 2.45) is 0 Å². The number of thiophene rings is 1. The fraction of sp³-hybridized carbons (Fsp3) is 0.0625. The third kappa shape index (κ3) is 1.69. The number of pyridine rings is 1. The maximum Gasteiger partial charge on any atom is 0.180 e. The number of rotatable bonds is 2. The largest absolute Gasteiger partial charge is 0.493 e. The molecule has 0 aliphatic carbocycles. The van der Waals surface area contributed by atoms with Gasteiger partial charge >= 0.3 is 0 Å². The van der Waals surface area contributed by atoms with Gasteiger partial charge in [0.25, 0.3) is 0 Å². The van der Waals surface area contributed by atoms with Crippen molar-refractivity contribution in [3.05, 3.63) is 54.9 Å². The number of imidazole rings is 1. The second-order valence-electron chi connectivity index (χ2n) is 4.58. The molecule has 0 atom stereocenters. The molecule has 98 valence electrons. The number of hydrogen-bond acceptors (Lipinski definition) is 3. The summed E-state index contributed by atoms with van der Waals surface area (Å²) in [6, 6.07) is 14.5. The van der Waals surface area contributed by atoms with Gasteiger partial charge in [-0.1, -0.05) is 18.2 Å². The lowest BCUT2D eigenvalue weighted by Gasteiger charge is -1.99. The molecule has 0 bridgehead atoms. The van der Waals surface area contributed by atoms with Crippen LogP contribution in [0.2, 0.25) is 0 Å². The monoisotopic (exact) mass is 280 g/mol. The van der Waals surface area contributed by atoms with Gasteiger partial charge in [0.1, 0.15) is 0 Å². The zero-order valence-electron chi connectivity index (χ0n) is 10.9. The first-order valence-corrected chi connectivity index (χ1v) is 7.17. The third-order valence-electron chi connectivity index (χ3n) is 3.34. The second kappa shape index (κ2) is 4.35. The predicted molar refractivity (Wildman–Crippen MR) is 82.6 cm³/mol. The molecule has 0 N–H and O–H groups in total. The van der Waals surface area contributed by atoms with Gasteiger partial charge in [0.2, 0.25) is 0 Å². The second-order valence-corrected chi connectivity index (χ2v) is 5.67. The highest BCUT2D eigenvalue weighted by atomic mass is 32.1. The molecule has 4 rings (SSSR count). The molecule has 0 amide bonds. The Kier molecular flexibility index (Phi) is 2.50. The maximum absolute atomic E-state index is 5.36. The van der Waals surface area contributed by atoms with Crippen LogP contribution in [-0.4, -0.2) is 16.5 Å². The highest BCUT2D eigenvalue weighted by Crippen LogP contribution is 2.33. The van der Waals surface area contributed by atoms with Gasteiger partial charge in [-0.15, -0.1) is 11.3 Å². The summed E-state index contributed by atoms with van der Waals surface area (Å²) in [4.78, 5) is 5.88. The highest BCUT2D eigenvalue weighted by Gasteiger charge is 2.10. The summed E-state index contributed by atoms with van der Waals surface area (Å²) in [7, 11) is 1.67. The molecule has 0 radical (unpaired) electrons. The zero-order valence-corrected chi connectivity index (χ0v) is 11.7. The quantitative estimate of drug-likeness (QED) is 0.549. The normalized spacial score (nSPS) is 11.2. The fourth-order valence-corrected chi connectivity index (χ4v) is 3.39. The highest BCUT2D eigenvalue weighted by molar-refractivity contribution is 7.22. The van der Waals surface area contributed by atoms with E-state index in [1.165, 1.54) is 15.0 Å². The Balaban J connectivity index is 1.93. The lowest BCUT2D eigenvalue weighted by atomic mass is 10.2. The van der Waals surface area contributed by atoms with Crippen molar-refractivity contribution in [2.45, 2.75) is 0 Å². The first-order valence-electron chi connectivity index (χ1n) is 6.36. The Morgan fingerprint density at radius 3 is 2.90 bits per heavy atom. The van der Waals surface area contributed by atoms with Crippen LogP contribution in [0.15, 0.2) is 54.9 Å². The summed E-state index contributed by atoms with van der Waals surface area (Å²) in [5, 5.41) is 1.26. The Bertz CT molecular complexity index is 874. The van der Waals surface area contributed by atoms with E-state index in [4.69, 9.17) is 9.72 Å². The van der Waals surface area contributed by atoms with Crippen LogP contribution in [-0.2, 0) is 0 Å². The molecule has 0 saturated carbocycles. The summed E-state index contributed by atoms with van der Waals surface area (Å²) in [5.41, 5.74) is 1.83. The predicted octanol–water partition coefficient (Wildman–Crippen LogP) is 4.22. The van der Waals surface area contributed by atoms with E-state index in [0.717, 1.165) is 17.1 Å². The van der Waals surface area contributed by atoms with E-state index in [1.807, 2.05) is 28.9 Å². The number of fused-ring (bicyclic) bond motifs is 2. The van der Waals surface area contributed by atoms with E-state index in [0.29, 0.717) is 0 Å². The van der Waals surface area contributed by atoms with Crippen molar-refractivity contribution >= 4 is 27.1 Å².